The lowest BCUT2D eigenvalue weighted by molar-refractivity contribution is 0.0525. The van der Waals surface area contributed by atoms with Crippen molar-refractivity contribution in [2.45, 2.75) is 26.7 Å². The van der Waals surface area contributed by atoms with Crippen LogP contribution in [-0.2, 0) is 4.74 Å². The molecule has 1 unspecified atom stereocenters. The van der Waals surface area contributed by atoms with Gasteiger partial charge in [-0.1, -0.05) is 6.92 Å². The topological polar surface area (TPSA) is 35.5 Å². The molecule has 1 aromatic carbocycles. The standard InChI is InChI=1S/C13H16O3/c1-4-15-13(14)10-5-6-11-12(9(10)3)8(2)7-16-11/h5-6,8H,4,7H2,1-3H3. The molecule has 0 saturated heterocycles. The summed E-state index contributed by atoms with van der Waals surface area (Å²) in [4.78, 5) is 11.7. The third-order valence-corrected chi connectivity index (χ3v) is 2.95. The van der Waals surface area contributed by atoms with Gasteiger partial charge in [0.15, 0.2) is 0 Å². The Morgan fingerprint density at radius 1 is 1.56 bits per heavy atom. The zero-order chi connectivity index (χ0) is 11.7. The largest absolute Gasteiger partial charge is 0.493 e. The van der Waals surface area contributed by atoms with Crippen molar-refractivity contribution in [2.24, 2.45) is 0 Å². The Kier molecular flexibility index (Phi) is 2.86. The van der Waals surface area contributed by atoms with E-state index in [2.05, 4.69) is 6.92 Å². The van der Waals surface area contributed by atoms with E-state index < -0.39 is 0 Å². The normalized spacial score (nSPS) is 17.8. The molecule has 0 N–H and O–H groups in total. The molecule has 0 saturated carbocycles. The number of esters is 1. The quantitative estimate of drug-likeness (QED) is 0.719. The van der Waals surface area contributed by atoms with Gasteiger partial charge in [0.1, 0.15) is 5.75 Å². The van der Waals surface area contributed by atoms with Crippen LogP contribution in [0, 0.1) is 6.92 Å². The SMILES string of the molecule is CCOC(=O)c1ccc2c(c1C)C(C)CO2. The zero-order valence-corrected chi connectivity index (χ0v) is 9.87. The molecule has 16 heavy (non-hydrogen) atoms. The van der Waals surface area contributed by atoms with Crippen molar-refractivity contribution in [1.29, 1.82) is 0 Å². The fraction of sp³-hybridized carbons (Fsp3) is 0.462. The lowest BCUT2D eigenvalue weighted by Gasteiger charge is -2.10. The third-order valence-electron chi connectivity index (χ3n) is 2.95. The molecule has 1 aromatic rings. The second-order valence-corrected chi connectivity index (χ2v) is 4.08. The Labute approximate surface area is 95.4 Å². The van der Waals surface area contributed by atoms with E-state index in [9.17, 15) is 4.79 Å². The highest BCUT2D eigenvalue weighted by atomic mass is 16.5. The van der Waals surface area contributed by atoms with Crippen molar-refractivity contribution in [2.75, 3.05) is 13.2 Å². The number of ether oxygens (including phenoxy) is 2. The molecule has 0 aromatic heterocycles. The molecule has 0 spiro atoms. The summed E-state index contributed by atoms with van der Waals surface area (Å²) in [7, 11) is 0. The Morgan fingerprint density at radius 3 is 3.00 bits per heavy atom. The summed E-state index contributed by atoms with van der Waals surface area (Å²) in [6, 6.07) is 3.64. The van der Waals surface area contributed by atoms with E-state index in [1.54, 1.807) is 6.07 Å². The van der Waals surface area contributed by atoms with Gasteiger partial charge in [0.25, 0.3) is 0 Å². The van der Waals surface area contributed by atoms with Crippen molar-refractivity contribution in [1.82, 2.24) is 0 Å². The molecule has 3 heteroatoms. The fourth-order valence-corrected chi connectivity index (χ4v) is 2.17. The lowest BCUT2D eigenvalue weighted by Crippen LogP contribution is -2.08. The number of hydrogen-bond acceptors (Lipinski definition) is 3. The van der Waals surface area contributed by atoms with Gasteiger partial charge in [-0.05, 0) is 31.5 Å². The van der Waals surface area contributed by atoms with Crippen molar-refractivity contribution in [3.63, 3.8) is 0 Å². The van der Waals surface area contributed by atoms with E-state index in [1.165, 1.54) is 0 Å². The molecule has 0 amide bonds. The molecule has 0 fully saturated rings. The highest BCUT2D eigenvalue weighted by Gasteiger charge is 2.25. The Balaban J connectivity index is 2.43. The van der Waals surface area contributed by atoms with Gasteiger partial charge >= 0.3 is 5.97 Å². The van der Waals surface area contributed by atoms with Crippen molar-refractivity contribution >= 4 is 5.97 Å². The number of benzene rings is 1. The van der Waals surface area contributed by atoms with E-state index in [0.717, 1.165) is 16.9 Å². The van der Waals surface area contributed by atoms with Crippen molar-refractivity contribution in [3.8, 4) is 5.75 Å². The van der Waals surface area contributed by atoms with E-state index in [0.29, 0.717) is 24.7 Å². The molecular weight excluding hydrogens is 204 g/mol. The van der Waals surface area contributed by atoms with E-state index in [-0.39, 0.29) is 5.97 Å². The Morgan fingerprint density at radius 2 is 2.31 bits per heavy atom. The number of carbonyl (C=O) groups excluding carboxylic acids is 1. The molecule has 86 valence electrons. The van der Waals surface area contributed by atoms with Gasteiger partial charge in [0.2, 0.25) is 0 Å². The number of fused-ring (bicyclic) bond motifs is 1. The minimum Gasteiger partial charge on any atom is -0.493 e. The van der Waals surface area contributed by atoms with Gasteiger partial charge in [-0.15, -0.1) is 0 Å². The van der Waals surface area contributed by atoms with Crippen LogP contribution in [0.4, 0.5) is 0 Å². The number of hydrogen-bond donors (Lipinski definition) is 0. The summed E-state index contributed by atoms with van der Waals surface area (Å²) in [6.07, 6.45) is 0. The summed E-state index contributed by atoms with van der Waals surface area (Å²) >= 11 is 0. The van der Waals surface area contributed by atoms with Gasteiger partial charge < -0.3 is 9.47 Å². The maximum atomic E-state index is 11.7. The smallest absolute Gasteiger partial charge is 0.338 e. The first-order valence-electron chi connectivity index (χ1n) is 5.58. The molecule has 3 nitrogen and oxygen atoms in total. The summed E-state index contributed by atoms with van der Waals surface area (Å²) < 4.78 is 10.6. The maximum absolute atomic E-state index is 11.7. The summed E-state index contributed by atoms with van der Waals surface area (Å²) in [6.45, 7) is 6.97. The third kappa shape index (κ3) is 1.66. The van der Waals surface area contributed by atoms with Gasteiger partial charge in [-0.2, -0.15) is 0 Å². The minimum absolute atomic E-state index is 0.248. The summed E-state index contributed by atoms with van der Waals surface area (Å²) in [5.74, 6) is 1.00. The predicted molar refractivity (Wildman–Crippen MR) is 61.0 cm³/mol. The first kappa shape index (κ1) is 11.0. The second-order valence-electron chi connectivity index (χ2n) is 4.08. The Bertz CT molecular complexity index is 423. The molecule has 0 aliphatic carbocycles. The van der Waals surface area contributed by atoms with Crippen LogP contribution in [-0.4, -0.2) is 19.2 Å². The van der Waals surface area contributed by atoms with Crippen LogP contribution in [0.2, 0.25) is 0 Å². The van der Waals surface area contributed by atoms with E-state index >= 15 is 0 Å². The van der Waals surface area contributed by atoms with Crippen LogP contribution in [0.5, 0.6) is 5.75 Å². The molecule has 2 rings (SSSR count). The number of carbonyl (C=O) groups is 1. The highest BCUT2D eigenvalue weighted by molar-refractivity contribution is 5.92. The molecule has 0 bridgehead atoms. The maximum Gasteiger partial charge on any atom is 0.338 e. The zero-order valence-electron chi connectivity index (χ0n) is 9.87. The van der Waals surface area contributed by atoms with Crippen LogP contribution < -0.4 is 4.74 Å². The van der Waals surface area contributed by atoms with Gasteiger partial charge in [-0.3, -0.25) is 0 Å². The fourth-order valence-electron chi connectivity index (χ4n) is 2.17. The van der Waals surface area contributed by atoms with Gasteiger partial charge in [0, 0.05) is 11.5 Å². The summed E-state index contributed by atoms with van der Waals surface area (Å²) in [5.41, 5.74) is 2.78. The monoisotopic (exact) mass is 220 g/mol. The highest BCUT2D eigenvalue weighted by Crippen LogP contribution is 2.37. The van der Waals surface area contributed by atoms with Crippen LogP contribution in [0.25, 0.3) is 0 Å². The van der Waals surface area contributed by atoms with Crippen LogP contribution in [0.15, 0.2) is 12.1 Å². The average molecular weight is 220 g/mol. The minimum atomic E-state index is -0.248. The second kappa shape index (κ2) is 4.16. The Hall–Kier alpha value is -1.51. The molecule has 1 aliphatic rings. The lowest BCUT2D eigenvalue weighted by atomic mass is 9.94. The molecule has 1 atom stereocenters. The van der Waals surface area contributed by atoms with E-state index in [4.69, 9.17) is 9.47 Å². The first-order valence-corrected chi connectivity index (χ1v) is 5.58. The summed E-state index contributed by atoms with van der Waals surface area (Å²) in [5, 5.41) is 0. The molecule has 1 aliphatic heterocycles. The molecular formula is C13H16O3. The average Bonchev–Trinajstić information content (AvgIpc) is 2.62. The predicted octanol–water partition coefficient (Wildman–Crippen LogP) is 2.67. The van der Waals surface area contributed by atoms with Crippen molar-refractivity contribution in [3.05, 3.63) is 28.8 Å². The molecule has 1 heterocycles. The van der Waals surface area contributed by atoms with E-state index in [1.807, 2.05) is 19.9 Å². The van der Waals surface area contributed by atoms with Crippen LogP contribution in [0.3, 0.4) is 0 Å². The van der Waals surface area contributed by atoms with Gasteiger partial charge in [0.05, 0.1) is 18.8 Å². The van der Waals surface area contributed by atoms with Crippen LogP contribution in [0.1, 0.15) is 41.3 Å². The van der Waals surface area contributed by atoms with Crippen LogP contribution >= 0.6 is 0 Å². The molecule has 0 radical (unpaired) electrons. The van der Waals surface area contributed by atoms with Crippen molar-refractivity contribution < 1.29 is 14.3 Å². The first-order chi connectivity index (χ1) is 7.65. The van der Waals surface area contributed by atoms with Gasteiger partial charge in [-0.25, -0.2) is 4.79 Å². The number of rotatable bonds is 2.